The first-order valence-electron chi connectivity index (χ1n) is 8.28. The molecule has 0 bridgehead atoms. The molecule has 1 N–H and O–H groups in total. The molecule has 1 unspecified atom stereocenters. The topological polar surface area (TPSA) is 15.3 Å². The maximum atomic E-state index is 3.72. The molecule has 0 rings (SSSR count). The summed E-state index contributed by atoms with van der Waals surface area (Å²) in [7, 11) is 0. The molecule has 0 amide bonds. The van der Waals surface area contributed by atoms with E-state index in [4.69, 9.17) is 0 Å². The minimum atomic E-state index is 0.256. The Morgan fingerprint density at radius 1 is 1.00 bits per heavy atom. The van der Waals surface area contributed by atoms with Crippen molar-refractivity contribution in [2.24, 2.45) is 5.92 Å². The molecule has 1 atom stereocenters. The number of nitrogens with zero attached hydrogens (tertiary/aromatic N) is 1. The third-order valence-corrected chi connectivity index (χ3v) is 4.31. The van der Waals surface area contributed by atoms with E-state index in [0.717, 1.165) is 18.5 Å². The Labute approximate surface area is 122 Å². The van der Waals surface area contributed by atoms with Crippen LogP contribution >= 0.6 is 0 Å². The van der Waals surface area contributed by atoms with Gasteiger partial charge in [0.15, 0.2) is 0 Å². The van der Waals surface area contributed by atoms with Gasteiger partial charge in [-0.2, -0.15) is 0 Å². The molecule has 0 fully saturated rings. The molecule has 2 nitrogen and oxygen atoms in total. The van der Waals surface area contributed by atoms with E-state index in [9.17, 15) is 0 Å². The summed E-state index contributed by atoms with van der Waals surface area (Å²) < 4.78 is 0. The normalized spacial score (nSPS) is 14.7. The molecule has 0 aliphatic carbocycles. The monoisotopic (exact) mass is 270 g/mol. The Hall–Kier alpha value is -0.0800. The van der Waals surface area contributed by atoms with Crippen LogP contribution in [0.3, 0.4) is 0 Å². The average Bonchev–Trinajstić information content (AvgIpc) is 2.36. The summed E-state index contributed by atoms with van der Waals surface area (Å²) in [6.07, 6.45) is 3.68. The summed E-state index contributed by atoms with van der Waals surface area (Å²) in [5, 5.41) is 3.72. The van der Waals surface area contributed by atoms with Crippen LogP contribution in [0.2, 0.25) is 0 Å². The zero-order chi connectivity index (χ0) is 15.1. The van der Waals surface area contributed by atoms with Crippen LogP contribution in [0.25, 0.3) is 0 Å². The highest BCUT2D eigenvalue weighted by atomic mass is 15.2. The van der Waals surface area contributed by atoms with Crippen molar-refractivity contribution in [3.63, 3.8) is 0 Å². The van der Waals surface area contributed by atoms with Crippen molar-refractivity contribution in [2.75, 3.05) is 13.1 Å². The van der Waals surface area contributed by atoms with E-state index in [0.29, 0.717) is 6.04 Å². The molecule has 0 aromatic carbocycles. The lowest BCUT2D eigenvalue weighted by Crippen LogP contribution is -2.51. The van der Waals surface area contributed by atoms with Gasteiger partial charge in [-0.15, -0.1) is 0 Å². The predicted octanol–water partition coefficient (Wildman–Crippen LogP) is 4.30. The van der Waals surface area contributed by atoms with Gasteiger partial charge in [-0.25, -0.2) is 0 Å². The van der Waals surface area contributed by atoms with Gasteiger partial charge in [0, 0.05) is 30.7 Å². The van der Waals surface area contributed by atoms with E-state index in [-0.39, 0.29) is 5.54 Å². The molecule has 19 heavy (non-hydrogen) atoms. The summed E-state index contributed by atoms with van der Waals surface area (Å²) >= 11 is 0. The molecule has 0 spiro atoms. The average molecular weight is 271 g/mol. The van der Waals surface area contributed by atoms with Gasteiger partial charge in [-0.3, -0.25) is 4.90 Å². The molecule has 0 saturated heterocycles. The van der Waals surface area contributed by atoms with Gasteiger partial charge in [-0.05, 0) is 46.0 Å². The second-order valence-corrected chi connectivity index (χ2v) is 7.03. The predicted molar refractivity (Wildman–Crippen MR) is 87.7 cm³/mol. The van der Waals surface area contributed by atoms with Crippen molar-refractivity contribution in [3.05, 3.63) is 0 Å². The zero-order valence-corrected chi connectivity index (χ0v) is 14.7. The van der Waals surface area contributed by atoms with Crippen LogP contribution in [-0.2, 0) is 0 Å². The largest absolute Gasteiger partial charge is 0.310 e. The highest BCUT2D eigenvalue weighted by Gasteiger charge is 2.23. The fourth-order valence-corrected chi connectivity index (χ4v) is 2.53. The van der Waals surface area contributed by atoms with Crippen molar-refractivity contribution < 1.29 is 0 Å². The van der Waals surface area contributed by atoms with Crippen LogP contribution < -0.4 is 5.32 Å². The van der Waals surface area contributed by atoms with Gasteiger partial charge in [0.25, 0.3) is 0 Å². The van der Waals surface area contributed by atoms with Gasteiger partial charge in [0.05, 0.1) is 0 Å². The Kier molecular flexibility index (Phi) is 8.93. The minimum absolute atomic E-state index is 0.256. The molecular weight excluding hydrogens is 232 g/mol. The van der Waals surface area contributed by atoms with E-state index >= 15 is 0 Å². The van der Waals surface area contributed by atoms with E-state index in [1.54, 1.807) is 0 Å². The maximum absolute atomic E-state index is 3.72. The fourth-order valence-electron chi connectivity index (χ4n) is 2.53. The Balaban J connectivity index is 4.57. The van der Waals surface area contributed by atoms with Crippen molar-refractivity contribution in [1.82, 2.24) is 10.2 Å². The number of hydrogen-bond acceptors (Lipinski definition) is 2. The maximum Gasteiger partial charge on any atom is 0.0195 e. The molecule has 0 heterocycles. The summed E-state index contributed by atoms with van der Waals surface area (Å²) in [6, 6.07) is 1.34. The highest BCUT2D eigenvalue weighted by Crippen LogP contribution is 2.16. The van der Waals surface area contributed by atoms with E-state index in [1.807, 2.05) is 0 Å². The second kappa shape index (κ2) is 8.97. The Morgan fingerprint density at radius 2 is 1.53 bits per heavy atom. The van der Waals surface area contributed by atoms with Gasteiger partial charge >= 0.3 is 0 Å². The standard InChI is InChI=1S/C17H38N2/c1-9-16(10-2)19(13-14(4)5)15(6)12-18-17(7,8)11-3/h14-16,18H,9-13H2,1-8H3. The van der Waals surface area contributed by atoms with Crippen molar-refractivity contribution in [2.45, 2.75) is 92.3 Å². The Morgan fingerprint density at radius 3 is 1.89 bits per heavy atom. The van der Waals surface area contributed by atoms with Gasteiger partial charge in [0.1, 0.15) is 0 Å². The van der Waals surface area contributed by atoms with Gasteiger partial charge < -0.3 is 5.32 Å². The highest BCUT2D eigenvalue weighted by molar-refractivity contribution is 4.82. The van der Waals surface area contributed by atoms with E-state index < -0.39 is 0 Å². The first kappa shape index (κ1) is 18.9. The number of rotatable bonds is 10. The van der Waals surface area contributed by atoms with Crippen LogP contribution in [0.1, 0.15) is 74.7 Å². The lowest BCUT2D eigenvalue weighted by atomic mass is 10.0. The number of hydrogen-bond donors (Lipinski definition) is 1. The molecular formula is C17H38N2. The third kappa shape index (κ3) is 7.31. The van der Waals surface area contributed by atoms with Crippen LogP contribution in [-0.4, -0.2) is 35.6 Å². The first-order chi connectivity index (χ1) is 8.77. The molecule has 0 aromatic rings. The lowest BCUT2D eigenvalue weighted by molar-refractivity contribution is 0.111. The van der Waals surface area contributed by atoms with Gasteiger partial charge in [-0.1, -0.05) is 34.6 Å². The minimum Gasteiger partial charge on any atom is -0.310 e. The van der Waals surface area contributed by atoms with E-state index in [2.05, 4.69) is 65.6 Å². The van der Waals surface area contributed by atoms with Gasteiger partial charge in [0.2, 0.25) is 0 Å². The second-order valence-electron chi connectivity index (χ2n) is 7.03. The summed E-state index contributed by atoms with van der Waals surface area (Å²) in [4.78, 5) is 2.71. The van der Waals surface area contributed by atoms with Crippen LogP contribution in [0.15, 0.2) is 0 Å². The van der Waals surface area contributed by atoms with Crippen LogP contribution in [0.5, 0.6) is 0 Å². The summed E-state index contributed by atoms with van der Waals surface area (Å²) in [5.41, 5.74) is 0.256. The Bertz CT molecular complexity index is 219. The van der Waals surface area contributed by atoms with Crippen LogP contribution in [0.4, 0.5) is 0 Å². The zero-order valence-electron chi connectivity index (χ0n) is 14.7. The summed E-state index contributed by atoms with van der Waals surface area (Å²) in [5.74, 6) is 0.738. The molecule has 2 heteroatoms. The molecule has 0 aliphatic heterocycles. The van der Waals surface area contributed by atoms with Crippen LogP contribution in [0, 0.1) is 5.92 Å². The summed E-state index contributed by atoms with van der Waals surface area (Å²) in [6.45, 7) is 20.8. The lowest BCUT2D eigenvalue weighted by Gasteiger charge is -2.38. The molecule has 0 saturated carbocycles. The third-order valence-electron chi connectivity index (χ3n) is 4.31. The smallest absolute Gasteiger partial charge is 0.0195 e. The number of nitrogens with one attached hydrogen (secondary N) is 1. The SMILES string of the molecule is CCC(CC)N(CC(C)C)C(C)CNC(C)(C)CC. The molecule has 0 radical (unpaired) electrons. The quantitative estimate of drug-likeness (QED) is 0.637. The van der Waals surface area contributed by atoms with Crippen molar-refractivity contribution >= 4 is 0 Å². The fraction of sp³-hybridized carbons (Fsp3) is 1.00. The molecule has 0 aliphatic rings. The van der Waals surface area contributed by atoms with Crippen molar-refractivity contribution in [1.29, 1.82) is 0 Å². The molecule has 116 valence electrons. The van der Waals surface area contributed by atoms with E-state index in [1.165, 1.54) is 25.8 Å². The first-order valence-corrected chi connectivity index (χ1v) is 8.28. The van der Waals surface area contributed by atoms with Crippen molar-refractivity contribution in [3.8, 4) is 0 Å². The molecule has 0 aromatic heterocycles.